The van der Waals surface area contributed by atoms with Gasteiger partial charge in [0.05, 0.1) is 6.10 Å². The van der Waals surface area contributed by atoms with Gasteiger partial charge < -0.3 is 10.2 Å². The van der Waals surface area contributed by atoms with Crippen LogP contribution in [0.2, 0.25) is 0 Å². The van der Waals surface area contributed by atoms with E-state index in [9.17, 15) is 23.4 Å². The number of aliphatic hydroxyl groups is 2. The molecule has 2 nitrogen and oxygen atoms in total. The predicted octanol–water partition coefficient (Wildman–Crippen LogP) is 3.01. The molecular weight excluding hydrogens is 285 g/mol. The van der Waals surface area contributed by atoms with E-state index < -0.39 is 17.7 Å². The van der Waals surface area contributed by atoms with E-state index in [4.69, 9.17) is 0 Å². The maximum Gasteiger partial charge on any atom is 0.446 e. The molecule has 0 aliphatic rings. The van der Waals surface area contributed by atoms with Crippen LogP contribution in [-0.2, 0) is 0 Å². The van der Waals surface area contributed by atoms with Crippen molar-refractivity contribution in [3.63, 3.8) is 0 Å². The molecule has 2 atom stereocenters. The third-order valence-electron chi connectivity index (χ3n) is 2.24. The molecule has 0 saturated carbocycles. The first-order valence-electron chi connectivity index (χ1n) is 5.16. The molecule has 0 aliphatic carbocycles. The van der Waals surface area contributed by atoms with Crippen LogP contribution in [0.1, 0.15) is 18.1 Å². The third kappa shape index (κ3) is 5.09. The number of benzene rings is 1. The Kier molecular flexibility index (Phi) is 5.84. The largest absolute Gasteiger partial charge is 0.446 e. The van der Waals surface area contributed by atoms with Crippen molar-refractivity contribution < 1.29 is 23.4 Å². The number of halogens is 3. The Balaban J connectivity index is 2.70. The summed E-state index contributed by atoms with van der Waals surface area (Å²) in [6.45, 7) is 0. The summed E-state index contributed by atoms with van der Waals surface area (Å²) in [5, 5.41) is 19.3. The number of thioether (sulfide) groups is 1. The maximum atomic E-state index is 12.1. The zero-order valence-electron chi connectivity index (χ0n) is 9.26. The molecule has 102 valence electrons. The fraction of sp³-hybridized carbons (Fsp3) is 0.455. The van der Waals surface area contributed by atoms with Gasteiger partial charge in [-0.15, -0.1) is 0 Å². The van der Waals surface area contributed by atoms with Crippen LogP contribution in [0, 0.1) is 0 Å². The Bertz CT molecular complexity index is 368. The number of thiol groups is 1. The first kappa shape index (κ1) is 15.7. The van der Waals surface area contributed by atoms with Gasteiger partial charge >= 0.3 is 5.51 Å². The minimum Gasteiger partial charge on any atom is -0.390 e. The quantitative estimate of drug-likeness (QED) is 0.578. The fourth-order valence-corrected chi connectivity index (χ4v) is 2.18. The Morgan fingerprint density at radius 2 is 1.72 bits per heavy atom. The second-order valence-corrected chi connectivity index (χ2v) is 5.23. The van der Waals surface area contributed by atoms with Crippen molar-refractivity contribution in [1.82, 2.24) is 0 Å². The first-order chi connectivity index (χ1) is 8.33. The van der Waals surface area contributed by atoms with Crippen molar-refractivity contribution in [2.75, 3.05) is 5.75 Å². The molecule has 0 aliphatic heterocycles. The van der Waals surface area contributed by atoms with Crippen molar-refractivity contribution in [2.24, 2.45) is 0 Å². The number of rotatable bonds is 5. The van der Waals surface area contributed by atoms with E-state index in [0.717, 1.165) is 0 Å². The SMILES string of the molecule is OC(CCS)C(O)c1ccc(SC(F)(F)F)cc1. The molecule has 2 N–H and O–H groups in total. The van der Waals surface area contributed by atoms with Crippen molar-refractivity contribution in [1.29, 1.82) is 0 Å². The van der Waals surface area contributed by atoms with Crippen LogP contribution >= 0.6 is 24.4 Å². The zero-order valence-corrected chi connectivity index (χ0v) is 11.0. The van der Waals surface area contributed by atoms with Gasteiger partial charge in [0.2, 0.25) is 0 Å². The molecule has 0 amide bonds. The highest BCUT2D eigenvalue weighted by atomic mass is 32.2. The molecule has 1 aromatic rings. The van der Waals surface area contributed by atoms with Crippen molar-refractivity contribution in [3.05, 3.63) is 29.8 Å². The Hall–Kier alpha value is -0.370. The average Bonchev–Trinajstić information content (AvgIpc) is 2.27. The fourth-order valence-electron chi connectivity index (χ4n) is 1.38. The van der Waals surface area contributed by atoms with Crippen LogP contribution < -0.4 is 0 Å². The molecule has 18 heavy (non-hydrogen) atoms. The molecule has 1 rings (SSSR count). The monoisotopic (exact) mass is 298 g/mol. The zero-order chi connectivity index (χ0) is 13.8. The Morgan fingerprint density at radius 1 is 1.17 bits per heavy atom. The normalized spacial score (nSPS) is 15.4. The van der Waals surface area contributed by atoms with Crippen LogP contribution in [0.25, 0.3) is 0 Å². The van der Waals surface area contributed by atoms with Crippen LogP contribution in [0.4, 0.5) is 13.2 Å². The van der Waals surface area contributed by atoms with Crippen LogP contribution in [0.15, 0.2) is 29.2 Å². The summed E-state index contributed by atoms with van der Waals surface area (Å²) < 4.78 is 36.3. The summed E-state index contributed by atoms with van der Waals surface area (Å²) in [5.74, 6) is 0.417. The highest BCUT2D eigenvalue weighted by molar-refractivity contribution is 8.00. The van der Waals surface area contributed by atoms with Gasteiger partial charge in [-0.1, -0.05) is 12.1 Å². The lowest BCUT2D eigenvalue weighted by Gasteiger charge is -2.17. The molecule has 0 aromatic heterocycles. The second-order valence-electron chi connectivity index (χ2n) is 3.64. The van der Waals surface area contributed by atoms with Gasteiger partial charge in [0.25, 0.3) is 0 Å². The van der Waals surface area contributed by atoms with Gasteiger partial charge in [-0.05, 0) is 41.6 Å². The lowest BCUT2D eigenvalue weighted by molar-refractivity contribution is -0.0328. The second kappa shape index (κ2) is 6.70. The molecule has 0 saturated heterocycles. The van der Waals surface area contributed by atoms with E-state index >= 15 is 0 Å². The molecule has 0 heterocycles. The van der Waals surface area contributed by atoms with E-state index in [1.807, 2.05) is 0 Å². The Labute approximate surface area is 113 Å². The summed E-state index contributed by atoms with van der Waals surface area (Å²) >= 11 is 3.71. The van der Waals surface area contributed by atoms with Gasteiger partial charge in [-0.2, -0.15) is 25.8 Å². The predicted molar refractivity (Wildman–Crippen MR) is 67.8 cm³/mol. The summed E-state index contributed by atoms with van der Waals surface area (Å²) in [7, 11) is 0. The first-order valence-corrected chi connectivity index (χ1v) is 6.61. The summed E-state index contributed by atoms with van der Waals surface area (Å²) in [6.07, 6.45) is -1.77. The number of aliphatic hydroxyl groups excluding tert-OH is 2. The highest BCUT2D eigenvalue weighted by Gasteiger charge is 2.29. The van der Waals surface area contributed by atoms with Crippen molar-refractivity contribution in [3.8, 4) is 0 Å². The van der Waals surface area contributed by atoms with Gasteiger partial charge in [-0.25, -0.2) is 0 Å². The summed E-state index contributed by atoms with van der Waals surface area (Å²) in [5.41, 5.74) is -3.94. The minimum atomic E-state index is -4.33. The van der Waals surface area contributed by atoms with Crippen molar-refractivity contribution >= 4 is 24.4 Å². The van der Waals surface area contributed by atoms with Gasteiger partial charge in [-0.3, -0.25) is 0 Å². The van der Waals surface area contributed by atoms with Gasteiger partial charge in [0.15, 0.2) is 0 Å². The maximum absolute atomic E-state index is 12.1. The molecule has 0 fully saturated rings. The van der Waals surface area contributed by atoms with Crippen LogP contribution in [0.3, 0.4) is 0 Å². The third-order valence-corrected chi connectivity index (χ3v) is 3.24. The molecule has 0 radical (unpaired) electrons. The van der Waals surface area contributed by atoms with E-state index in [0.29, 0.717) is 17.7 Å². The Morgan fingerprint density at radius 3 is 2.17 bits per heavy atom. The number of hydrogen-bond acceptors (Lipinski definition) is 4. The number of hydrogen-bond donors (Lipinski definition) is 3. The standard InChI is InChI=1S/C11H13F3O2S2/c12-11(13,14)18-8-3-1-7(2-4-8)10(16)9(15)5-6-17/h1-4,9-10,15-17H,5-6H2. The van der Waals surface area contributed by atoms with E-state index in [1.54, 1.807) is 0 Å². The summed E-state index contributed by atoms with van der Waals surface area (Å²) in [4.78, 5) is 0.0436. The highest BCUT2D eigenvalue weighted by Crippen LogP contribution is 2.37. The summed E-state index contributed by atoms with van der Waals surface area (Å²) in [6, 6.07) is 5.29. The molecule has 0 spiro atoms. The van der Waals surface area contributed by atoms with E-state index in [1.165, 1.54) is 24.3 Å². The molecule has 7 heteroatoms. The van der Waals surface area contributed by atoms with E-state index in [-0.39, 0.29) is 16.7 Å². The van der Waals surface area contributed by atoms with Crippen LogP contribution in [-0.4, -0.2) is 27.6 Å². The van der Waals surface area contributed by atoms with Crippen molar-refractivity contribution in [2.45, 2.75) is 29.0 Å². The lowest BCUT2D eigenvalue weighted by Crippen LogP contribution is -2.18. The van der Waals surface area contributed by atoms with E-state index in [2.05, 4.69) is 12.6 Å². The van der Waals surface area contributed by atoms with Crippen LogP contribution in [0.5, 0.6) is 0 Å². The molecule has 1 aromatic carbocycles. The lowest BCUT2D eigenvalue weighted by atomic mass is 10.0. The molecular formula is C11H13F3O2S2. The molecule has 2 unspecified atom stereocenters. The number of alkyl halides is 3. The minimum absolute atomic E-state index is 0.0436. The average molecular weight is 298 g/mol. The van der Waals surface area contributed by atoms with Gasteiger partial charge in [0.1, 0.15) is 6.10 Å². The van der Waals surface area contributed by atoms with Gasteiger partial charge in [0, 0.05) is 4.90 Å². The smallest absolute Gasteiger partial charge is 0.390 e. The topological polar surface area (TPSA) is 40.5 Å². The molecule has 0 bridgehead atoms.